The van der Waals surface area contributed by atoms with Crippen molar-refractivity contribution in [2.45, 2.75) is 45.0 Å². The van der Waals surface area contributed by atoms with Crippen LogP contribution in [0.4, 0.5) is 0 Å². The van der Waals surface area contributed by atoms with Gasteiger partial charge in [0.25, 0.3) is 0 Å². The summed E-state index contributed by atoms with van der Waals surface area (Å²) < 4.78 is 37.4. The van der Waals surface area contributed by atoms with Gasteiger partial charge in [0.2, 0.25) is 15.9 Å². The smallest absolute Gasteiger partial charge is 0.220 e. The van der Waals surface area contributed by atoms with Gasteiger partial charge in [-0.3, -0.25) is 4.79 Å². The fraction of sp³-hybridized carbons (Fsp3) is 0.391. The first-order valence-electron chi connectivity index (χ1n) is 10.3. The Morgan fingerprint density at radius 1 is 1.09 bits per heavy atom. The van der Waals surface area contributed by atoms with Crippen molar-refractivity contribution in [2.24, 2.45) is 0 Å². The second kappa shape index (κ2) is 12.1. The van der Waals surface area contributed by atoms with Gasteiger partial charge in [0.1, 0.15) is 0 Å². The molecule has 9 heteroatoms. The third-order valence-corrected chi connectivity index (χ3v) is 5.93. The minimum atomic E-state index is -3.37. The van der Waals surface area contributed by atoms with Gasteiger partial charge in [0.05, 0.1) is 31.1 Å². The molecule has 0 aliphatic carbocycles. The van der Waals surface area contributed by atoms with Crippen molar-refractivity contribution in [3.05, 3.63) is 59.2 Å². The summed E-state index contributed by atoms with van der Waals surface area (Å²) in [6, 6.07) is 13.9. The first-order valence-corrected chi connectivity index (χ1v) is 11.9. The summed E-state index contributed by atoms with van der Waals surface area (Å²) in [6.07, 6.45) is 0.824. The third-order valence-electron chi connectivity index (χ3n) is 4.38. The van der Waals surface area contributed by atoms with Crippen LogP contribution in [0.15, 0.2) is 42.5 Å². The van der Waals surface area contributed by atoms with Crippen LogP contribution in [0.2, 0.25) is 0 Å². The number of carbonyl (C=O) groups excluding carboxylic acids is 1. The van der Waals surface area contributed by atoms with E-state index >= 15 is 0 Å². The minimum absolute atomic E-state index is 0.0815. The van der Waals surface area contributed by atoms with E-state index in [0.717, 1.165) is 5.56 Å². The van der Waals surface area contributed by atoms with Crippen molar-refractivity contribution in [3.8, 4) is 17.6 Å². The predicted octanol–water partition coefficient (Wildman–Crippen LogP) is 2.87. The molecule has 0 aromatic heterocycles. The molecule has 0 saturated heterocycles. The molecular weight excluding hydrogens is 430 g/mol. The maximum absolute atomic E-state index is 12.1. The highest BCUT2D eigenvalue weighted by Gasteiger charge is 2.13. The van der Waals surface area contributed by atoms with E-state index in [4.69, 9.17) is 14.7 Å². The van der Waals surface area contributed by atoms with E-state index in [-0.39, 0.29) is 17.7 Å². The van der Waals surface area contributed by atoms with Crippen LogP contribution in [-0.2, 0) is 27.1 Å². The number of ether oxygens (including phenoxy) is 2. The standard InChI is InChI=1S/C23H29N3O5S/c1-17(2)26-32(28,29)16-19-8-6-18(7-9-19)15-25-23(27)5-4-12-31-21-11-10-20(14-24)13-22(21)30-3/h6-11,13,17,26H,4-5,12,15-16H2,1-3H3,(H,25,27). The lowest BCUT2D eigenvalue weighted by Crippen LogP contribution is -2.31. The highest BCUT2D eigenvalue weighted by Crippen LogP contribution is 2.27. The van der Waals surface area contributed by atoms with Crippen LogP contribution >= 0.6 is 0 Å². The summed E-state index contributed by atoms with van der Waals surface area (Å²) in [5.74, 6) is 0.817. The molecule has 0 saturated carbocycles. The van der Waals surface area contributed by atoms with E-state index in [1.165, 1.54) is 7.11 Å². The lowest BCUT2D eigenvalue weighted by molar-refractivity contribution is -0.121. The summed E-state index contributed by atoms with van der Waals surface area (Å²) in [6.45, 7) is 4.25. The number of nitrogens with one attached hydrogen (secondary N) is 2. The van der Waals surface area contributed by atoms with Crippen LogP contribution in [0.1, 0.15) is 43.4 Å². The molecule has 0 radical (unpaired) electrons. The fourth-order valence-electron chi connectivity index (χ4n) is 2.93. The molecule has 32 heavy (non-hydrogen) atoms. The van der Waals surface area contributed by atoms with E-state index in [0.29, 0.717) is 48.6 Å². The lowest BCUT2D eigenvalue weighted by Gasteiger charge is -2.11. The van der Waals surface area contributed by atoms with Crippen molar-refractivity contribution in [1.82, 2.24) is 10.0 Å². The van der Waals surface area contributed by atoms with Gasteiger partial charge < -0.3 is 14.8 Å². The van der Waals surface area contributed by atoms with Crippen LogP contribution in [0.3, 0.4) is 0 Å². The van der Waals surface area contributed by atoms with Crippen LogP contribution in [0, 0.1) is 11.3 Å². The first kappa shape index (κ1) is 25.2. The molecule has 0 aliphatic rings. The zero-order chi connectivity index (χ0) is 23.6. The molecule has 8 nitrogen and oxygen atoms in total. The van der Waals surface area contributed by atoms with E-state index in [9.17, 15) is 13.2 Å². The number of methoxy groups -OCH3 is 1. The number of hydrogen-bond donors (Lipinski definition) is 2. The zero-order valence-electron chi connectivity index (χ0n) is 18.6. The maximum Gasteiger partial charge on any atom is 0.220 e. The third kappa shape index (κ3) is 8.57. The average Bonchev–Trinajstić information content (AvgIpc) is 2.75. The van der Waals surface area contributed by atoms with Crippen molar-refractivity contribution in [2.75, 3.05) is 13.7 Å². The van der Waals surface area contributed by atoms with Gasteiger partial charge in [-0.25, -0.2) is 13.1 Å². The topological polar surface area (TPSA) is 118 Å². The molecule has 0 bridgehead atoms. The average molecular weight is 460 g/mol. The molecular formula is C23H29N3O5S. The second-order valence-corrected chi connectivity index (χ2v) is 9.31. The quantitative estimate of drug-likeness (QED) is 0.471. The van der Waals surface area contributed by atoms with E-state index in [1.54, 1.807) is 56.3 Å². The zero-order valence-corrected chi connectivity index (χ0v) is 19.4. The molecule has 0 spiro atoms. The van der Waals surface area contributed by atoms with Gasteiger partial charge in [-0.15, -0.1) is 0 Å². The van der Waals surface area contributed by atoms with Crippen LogP contribution < -0.4 is 19.5 Å². The number of hydrogen-bond acceptors (Lipinski definition) is 6. The number of carbonyl (C=O) groups is 1. The number of rotatable bonds is 12. The van der Waals surface area contributed by atoms with Crippen molar-refractivity contribution in [3.63, 3.8) is 0 Å². The first-order chi connectivity index (χ1) is 15.2. The van der Waals surface area contributed by atoms with Crippen LogP contribution in [0.5, 0.6) is 11.5 Å². The van der Waals surface area contributed by atoms with E-state index in [1.807, 2.05) is 6.07 Å². The van der Waals surface area contributed by atoms with E-state index < -0.39 is 10.0 Å². The second-order valence-electron chi connectivity index (χ2n) is 7.55. The minimum Gasteiger partial charge on any atom is -0.493 e. The molecule has 2 N–H and O–H groups in total. The van der Waals surface area contributed by atoms with Gasteiger partial charge >= 0.3 is 0 Å². The Morgan fingerprint density at radius 3 is 2.41 bits per heavy atom. The van der Waals surface area contributed by atoms with Gasteiger partial charge in [0.15, 0.2) is 11.5 Å². The molecule has 172 valence electrons. The summed E-state index contributed by atoms with van der Waals surface area (Å²) in [5.41, 5.74) is 2.05. The molecule has 2 rings (SSSR count). The lowest BCUT2D eigenvalue weighted by atomic mass is 10.1. The Balaban J connectivity index is 1.73. The molecule has 0 unspecified atom stereocenters. The van der Waals surface area contributed by atoms with Crippen molar-refractivity contribution in [1.29, 1.82) is 5.26 Å². The highest BCUT2D eigenvalue weighted by molar-refractivity contribution is 7.88. The maximum atomic E-state index is 12.1. The molecule has 2 aromatic rings. The summed E-state index contributed by atoms with van der Waals surface area (Å²) in [5, 5.41) is 11.8. The van der Waals surface area contributed by atoms with Crippen molar-refractivity contribution < 1.29 is 22.7 Å². The number of amides is 1. The number of benzene rings is 2. The Kier molecular flexibility index (Phi) is 9.50. The Labute approximate surface area is 189 Å². The van der Waals surface area contributed by atoms with Gasteiger partial charge in [-0.05, 0) is 43.5 Å². The normalized spacial score (nSPS) is 11.1. The molecule has 0 atom stereocenters. The van der Waals surface area contributed by atoms with Gasteiger partial charge in [-0.1, -0.05) is 24.3 Å². The fourth-order valence-corrected chi connectivity index (χ4v) is 4.37. The number of nitriles is 1. The van der Waals surface area contributed by atoms with Crippen LogP contribution in [-0.4, -0.2) is 34.1 Å². The molecule has 1 amide bonds. The van der Waals surface area contributed by atoms with Gasteiger partial charge in [-0.2, -0.15) is 5.26 Å². The van der Waals surface area contributed by atoms with Crippen molar-refractivity contribution >= 4 is 15.9 Å². The summed E-state index contributed by atoms with van der Waals surface area (Å²) in [7, 11) is -1.86. The summed E-state index contributed by atoms with van der Waals surface area (Å²) in [4.78, 5) is 12.1. The largest absolute Gasteiger partial charge is 0.493 e. The molecule has 2 aromatic carbocycles. The monoisotopic (exact) mass is 459 g/mol. The van der Waals surface area contributed by atoms with Crippen LogP contribution in [0.25, 0.3) is 0 Å². The molecule has 0 aliphatic heterocycles. The molecule has 0 fully saturated rings. The SMILES string of the molecule is COc1cc(C#N)ccc1OCCCC(=O)NCc1ccc(CS(=O)(=O)NC(C)C)cc1. The number of nitrogens with zero attached hydrogens (tertiary/aromatic N) is 1. The van der Waals surface area contributed by atoms with E-state index in [2.05, 4.69) is 10.0 Å². The van der Waals surface area contributed by atoms with Gasteiger partial charge in [0, 0.05) is 25.1 Å². The Hall–Kier alpha value is -3.09. The Bertz CT molecular complexity index is 1040. The highest BCUT2D eigenvalue weighted by atomic mass is 32.2. The Morgan fingerprint density at radius 2 is 1.78 bits per heavy atom. The molecule has 0 heterocycles. The number of sulfonamides is 1. The summed E-state index contributed by atoms with van der Waals surface area (Å²) >= 11 is 0. The predicted molar refractivity (Wildman–Crippen MR) is 122 cm³/mol.